The van der Waals surface area contributed by atoms with Crippen molar-refractivity contribution < 1.29 is 37.3 Å². The molecule has 0 radical (unpaired) electrons. The highest BCUT2D eigenvalue weighted by molar-refractivity contribution is 7.46. The zero-order chi connectivity index (χ0) is 31.5. The molecule has 10 heteroatoms. The van der Waals surface area contributed by atoms with E-state index in [1.165, 1.54) is 64.9 Å². The molecule has 0 fully saturated rings. The number of hydrogen-bond acceptors (Lipinski definition) is 8. The zero-order valence-corrected chi connectivity index (χ0v) is 27.4. The maximum atomic E-state index is 12.6. The van der Waals surface area contributed by atoms with E-state index in [1.807, 2.05) is 48.0 Å². The van der Waals surface area contributed by atoms with E-state index in [-0.39, 0.29) is 19.0 Å². The molecule has 0 saturated carbocycles. The summed E-state index contributed by atoms with van der Waals surface area (Å²) < 4.78 is 42.2. The van der Waals surface area contributed by atoms with Crippen molar-refractivity contribution in [2.75, 3.05) is 26.9 Å². The molecule has 242 valence electrons. The number of nitrogens with zero attached hydrogens (tertiary/aromatic N) is 2. The molecule has 1 heterocycles. The quantitative estimate of drug-likeness (QED) is 0.0630. The topological polar surface area (TPSA) is 103 Å². The molecule has 0 aliphatic rings. The third-order valence-corrected chi connectivity index (χ3v) is 8.21. The largest absolute Gasteiger partial charge is 0.746 e. The van der Waals surface area contributed by atoms with Gasteiger partial charge in [0, 0.05) is 18.7 Å². The molecule has 0 amide bonds. The first-order chi connectivity index (χ1) is 21.4. The Morgan fingerprint density at radius 3 is 2.25 bits per heavy atom. The summed E-state index contributed by atoms with van der Waals surface area (Å²) in [4.78, 5) is 16.6. The Bertz CT molecular complexity index is 1260. The third kappa shape index (κ3) is 13.8. The van der Waals surface area contributed by atoms with Crippen molar-refractivity contribution in [1.82, 2.24) is 4.98 Å². The van der Waals surface area contributed by atoms with Gasteiger partial charge in [-0.25, -0.2) is 4.57 Å². The summed E-state index contributed by atoms with van der Waals surface area (Å²) in [6, 6.07) is 14.3. The van der Waals surface area contributed by atoms with E-state index in [0.717, 1.165) is 23.3 Å². The van der Waals surface area contributed by atoms with Gasteiger partial charge in [0.2, 0.25) is 0 Å². The van der Waals surface area contributed by atoms with E-state index < -0.39 is 13.9 Å². The molecule has 1 aromatic heterocycles. The fourth-order valence-corrected chi connectivity index (χ4v) is 5.52. The summed E-state index contributed by atoms with van der Waals surface area (Å²) in [6.45, 7) is 5.22. The van der Waals surface area contributed by atoms with Crippen molar-refractivity contribution >= 4 is 7.82 Å². The fourth-order valence-electron chi connectivity index (χ4n) is 4.74. The SMILES string of the molecule is CCCCCCCCCCCCOc1cccc(OCC(COP(=O)([O-])Oc2cccc(C[n+]3cccnc3)c2)OC)c1C. The lowest BCUT2D eigenvalue weighted by atomic mass is 10.1. The Hall–Kier alpha value is -2.97. The first kappa shape index (κ1) is 35.5. The Kier molecular flexibility index (Phi) is 16.3. The maximum absolute atomic E-state index is 12.6. The summed E-state index contributed by atoms with van der Waals surface area (Å²) in [7, 11) is -3.17. The molecule has 3 rings (SSSR count). The predicted octanol–water partition coefficient (Wildman–Crippen LogP) is 6.98. The zero-order valence-electron chi connectivity index (χ0n) is 26.5. The first-order valence-electron chi connectivity index (χ1n) is 15.8. The smallest absolute Gasteiger partial charge is 0.319 e. The van der Waals surface area contributed by atoms with Crippen molar-refractivity contribution in [3.8, 4) is 17.2 Å². The predicted molar refractivity (Wildman–Crippen MR) is 169 cm³/mol. The molecule has 0 aliphatic carbocycles. The molecule has 44 heavy (non-hydrogen) atoms. The van der Waals surface area contributed by atoms with Crippen molar-refractivity contribution in [3.63, 3.8) is 0 Å². The van der Waals surface area contributed by atoms with Crippen LogP contribution >= 0.6 is 7.82 Å². The van der Waals surface area contributed by atoms with Crippen LogP contribution in [0.1, 0.15) is 82.3 Å². The highest BCUT2D eigenvalue weighted by Crippen LogP contribution is 2.40. The fraction of sp³-hybridized carbons (Fsp3) is 0.529. The van der Waals surface area contributed by atoms with Gasteiger partial charge in [-0.3, -0.25) is 4.57 Å². The normalized spacial score (nSPS) is 13.3. The van der Waals surface area contributed by atoms with E-state index in [0.29, 0.717) is 18.9 Å². The van der Waals surface area contributed by atoms with Gasteiger partial charge in [0.15, 0.2) is 0 Å². The minimum absolute atomic E-state index is 0.0943. The molecule has 0 aliphatic heterocycles. The van der Waals surface area contributed by atoms with E-state index >= 15 is 0 Å². The van der Waals surface area contributed by atoms with Gasteiger partial charge in [0.05, 0.1) is 19.4 Å². The van der Waals surface area contributed by atoms with Gasteiger partial charge in [-0.15, -0.1) is 0 Å². The number of phosphoric ester groups is 1. The summed E-state index contributed by atoms with van der Waals surface area (Å²) in [6.07, 6.45) is 17.4. The third-order valence-electron chi connectivity index (χ3n) is 7.31. The molecular formula is C34H49N2O7P. The first-order valence-corrected chi connectivity index (χ1v) is 17.3. The second-order valence-electron chi connectivity index (χ2n) is 11.0. The molecule has 0 saturated heterocycles. The molecule has 9 nitrogen and oxygen atoms in total. The maximum Gasteiger partial charge on any atom is 0.319 e. The van der Waals surface area contributed by atoms with Crippen LogP contribution in [-0.4, -0.2) is 38.0 Å². The summed E-state index contributed by atoms with van der Waals surface area (Å²) >= 11 is 0. The van der Waals surface area contributed by atoms with Crippen LogP contribution in [0, 0.1) is 6.92 Å². The van der Waals surface area contributed by atoms with E-state index in [4.69, 9.17) is 23.3 Å². The van der Waals surface area contributed by atoms with Crippen molar-refractivity contribution in [3.05, 3.63) is 78.4 Å². The number of aromatic nitrogens is 2. The lowest BCUT2D eigenvalue weighted by Crippen LogP contribution is -2.33. The van der Waals surface area contributed by atoms with Crippen LogP contribution in [0.3, 0.4) is 0 Å². The second kappa shape index (κ2) is 20.1. The van der Waals surface area contributed by atoms with Gasteiger partial charge in [0.25, 0.3) is 6.33 Å². The molecular weight excluding hydrogens is 579 g/mol. The van der Waals surface area contributed by atoms with Gasteiger partial charge in [-0.1, -0.05) is 87.9 Å². The average Bonchev–Trinajstić information content (AvgIpc) is 3.01. The monoisotopic (exact) mass is 628 g/mol. The Balaban J connectivity index is 1.38. The van der Waals surface area contributed by atoms with Crippen LogP contribution in [0.4, 0.5) is 0 Å². The van der Waals surface area contributed by atoms with Crippen LogP contribution in [0.15, 0.2) is 67.3 Å². The van der Waals surface area contributed by atoms with Crippen LogP contribution in [0.25, 0.3) is 0 Å². The highest BCUT2D eigenvalue weighted by Gasteiger charge is 2.18. The van der Waals surface area contributed by atoms with Gasteiger partial charge >= 0.3 is 7.82 Å². The Morgan fingerprint density at radius 1 is 0.886 bits per heavy atom. The summed E-state index contributed by atoms with van der Waals surface area (Å²) in [5, 5.41) is 0. The van der Waals surface area contributed by atoms with Crippen LogP contribution < -0.4 is 23.5 Å². The Morgan fingerprint density at radius 2 is 1.57 bits per heavy atom. The summed E-state index contributed by atoms with van der Waals surface area (Å²) in [5.74, 6) is 1.60. The number of ether oxygens (including phenoxy) is 3. The van der Waals surface area contributed by atoms with Crippen LogP contribution in [-0.2, 0) is 20.4 Å². The van der Waals surface area contributed by atoms with Crippen molar-refractivity contribution in [2.24, 2.45) is 0 Å². The number of benzene rings is 2. The van der Waals surface area contributed by atoms with Gasteiger partial charge in [-0.05, 0) is 43.2 Å². The highest BCUT2D eigenvalue weighted by atomic mass is 31.2. The minimum Gasteiger partial charge on any atom is -0.746 e. The molecule has 2 aromatic carbocycles. The van der Waals surface area contributed by atoms with E-state index in [1.54, 1.807) is 30.7 Å². The molecule has 2 atom stereocenters. The molecule has 2 unspecified atom stereocenters. The standard InChI is InChI=1S/C34H49N2O7P/c1-4-5-6-7-8-9-10-11-12-13-23-40-33-19-15-20-34(29(33)2)41-26-32(39-3)27-42-44(37,38)43-31-18-14-17-30(24-31)25-36-22-16-21-35-28-36/h14-22,24,28,32H,4-13,23,25-27H2,1-3H3. The number of hydrogen-bond donors (Lipinski definition) is 0. The average molecular weight is 629 g/mol. The molecule has 0 spiro atoms. The van der Waals surface area contributed by atoms with E-state index in [2.05, 4.69) is 11.9 Å². The molecule has 0 N–H and O–H groups in total. The van der Waals surface area contributed by atoms with Crippen LogP contribution in [0.2, 0.25) is 0 Å². The van der Waals surface area contributed by atoms with Gasteiger partial charge in [0.1, 0.15) is 42.7 Å². The van der Waals surface area contributed by atoms with Gasteiger partial charge in [-0.2, -0.15) is 0 Å². The summed E-state index contributed by atoms with van der Waals surface area (Å²) in [5.41, 5.74) is 1.74. The lowest BCUT2D eigenvalue weighted by Gasteiger charge is -2.26. The minimum atomic E-state index is -4.65. The molecule has 0 bridgehead atoms. The van der Waals surface area contributed by atoms with Crippen LogP contribution in [0.5, 0.6) is 17.2 Å². The number of rotatable bonds is 23. The number of unbranched alkanes of at least 4 members (excludes halogenated alkanes) is 9. The second-order valence-corrected chi connectivity index (χ2v) is 12.3. The number of methoxy groups -OCH3 is 1. The van der Waals surface area contributed by atoms with Crippen molar-refractivity contribution in [1.29, 1.82) is 0 Å². The lowest BCUT2D eigenvalue weighted by molar-refractivity contribution is -0.691. The van der Waals surface area contributed by atoms with Crippen molar-refractivity contribution in [2.45, 2.75) is 90.7 Å². The Labute approximate surface area is 263 Å². The van der Waals surface area contributed by atoms with Gasteiger partial charge < -0.3 is 28.2 Å². The van der Waals surface area contributed by atoms with E-state index in [9.17, 15) is 9.46 Å². The number of phosphoric acid groups is 1. The molecule has 3 aromatic rings.